The molecule has 20 heavy (non-hydrogen) atoms. The first kappa shape index (κ1) is 12.3. The molecule has 2 aromatic heterocycles. The first-order valence-corrected chi connectivity index (χ1v) is 6.31. The summed E-state index contributed by atoms with van der Waals surface area (Å²) in [5.74, 6) is 0.256. The van der Waals surface area contributed by atoms with Crippen molar-refractivity contribution in [3.63, 3.8) is 0 Å². The maximum atomic E-state index is 12.2. The monoisotopic (exact) mass is 266 g/mol. The van der Waals surface area contributed by atoms with Crippen LogP contribution in [-0.4, -0.2) is 20.4 Å². The quantitative estimate of drug-likeness (QED) is 0.775. The minimum Gasteiger partial charge on any atom is -0.313 e. The van der Waals surface area contributed by atoms with Crippen LogP contribution in [0, 0.1) is 6.92 Å². The van der Waals surface area contributed by atoms with Gasteiger partial charge in [-0.2, -0.15) is 0 Å². The third-order valence-electron chi connectivity index (χ3n) is 3.13. The van der Waals surface area contributed by atoms with E-state index >= 15 is 0 Å². The summed E-state index contributed by atoms with van der Waals surface area (Å²) in [5, 5.41) is 2.79. The van der Waals surface area contributed by atoms with Crippen molar-refractivity contribution < 1.29 is 4.79 Å². The Labute approximate surface area is 116 Å². The Balaban J connectivity index is 1.93. The van der Waals surface area contributed by atoms with Crippen molar-refractivity contribution in [3.05, 3.63) is 53.9 Å². The van der Waals surface area contributed by atoms with E-state index in [2.05, 4.69) is 15.3 Å². The molecule has 0 aliphatic carbocycles. The molecule has 0 fully saturated rings. The molecule has 5 nitrogen and oxygen atoms in total. The molecule has 1 amide bonds. The number of para-hydroxylation sites is 2. The summed E-state index contributed by atoms with van der Waals surface area (Å²) >= 11 is 0. The zero-order chi connectivity index (χ0) is 14.1. The lowest BCUT2D eigenvalue weighted by atomic mass is 10.3. The Bertz CT molecular complexity index is 791. The summed E-state index contributed by atoms with van der Waals surface area (Å²) in [6.45, 7) is 1.85. The number of imidazole rings is 1. The van der Waals surface area contributed by atoms with Crippen molar-refractivity contribution in [3.8, 4) is 0 Å². The molecule has 1 N–H and O–H groups in total. The molecule has 0 unspecified atom stereocenters. The van der Waals surface area contributed by atoms with Gasteiger partial charge in [0.1, 0.15) is 5.69 Å². The Morgan fingerprint density at radius 1 is 1.10 bits per heavy atom. The van der Waals surface area contributed by atoms with Crippen LogP contribution in [0.25, 0.3) is 11.0 Å². The number of nitrogens with zero attached hydrogens (tertiary/aromatic N) is 3. The number of carbonyl (C=O) groups excluding carboxylic acids is 1. The van der Waals surface area contributed by atoms with Crippen LogP contribution in [0.15, 0.2) is 42.5 Å². The summed E-state index contributed by atoms with van der Waals surface area (Å²) in [7, 11) is 1.87. The molecule has 0 spiro atoms. The lowest BCUT2D eigenvalue weighted by molar-refractivity contribution is 0.102. The molecule has 0 aliphatic heterocycles. The minimum atomic E-state index is -0.257. The number of anilines is 1. The Morgan fingerprint density at radius 2 is 1.90 bits per heavy atom. The van der Waals surface area contributed by atoms with Gasteiger partial charge in [-0.3, -0.25) is 10.1 Å². The standard InChI is InChI=1S/C15H14N4O/c1-10-6-5-8-12(16-10)14(20)18-15-17-11-7-3-4-9-13(11)19(15)2/h3-9H,1-2H3,(H,17,18,20). The Hall–Kier alpha value is -2.69. The molecule has 3 rings (SSSR count). The molecular formula is C15H14N4O. The van der Waals surface area contributed by atoms with Crippen LogP contribution < -0.4 is 5.32 Å². The van der Waals surface area contributed by atoms with Gasteiger partial charge in [-0.15, -0.1) is 0 Å². The van der Waals surface area contributed by atoms with E-state index in [4.69, 9.17) is 0 Å². The van der Waals surface area contributed by atoms with E-state index < -0.39 is 0 Å². The molecule has 0 aliphatic rings. The maximum absolute atomic E-state index is 12.2. The number of pyridine rings is 1. The minimum absolute atomic E-state index is 0.257. The number of amides is 1. The number of nitrogens with one attached hydrogen (secondary N) is 1. The number of fused-ring (bicyclic) bond motifs is 1. The van der Waals surface area contributed by atoms with Gasteiger partial charge in [0, 0.05) is 12.7 Å². The van der Waals surface area contributed by atoms with Crippen LogP contribution in [-0.2, 0) is 7.05 Å². The molecular weight excluding hydrogens is 252 g/mol. The first-order valence-electron chi connectivity index (χ1n) is 6.31. The van der Waals surface area contributed by atoms with Crippen molar-refractivity contribution in [1.82, 2.24) is 14.5 Å². The van der Waals surface area contributed by atoms with Crippen LogP contribution in [0.5, 0.6) is 0 Å². The number of carbonyl (C=O) groups is 1. The molecule has 0 saturated carbocycles. The Morgan fingerprint density at radius 3 is 2.65 bits per heavy atom. The van der Waals surface area contributed by atoms with Crippen molar-refractivity contribution in [2.75, 3.05) is 5.32 Å². The predicted octanol–water partition coefficient (Wildman–Crippen LogP) is 2.53. The number of benzene rings is 1. The zero-order valence-electron chi connectivity index (χ0n) is 11.3. The highest BCUT2D eigenvalue weighted by Gasteiger charge is 2.12. The molecule has 2 heterocycles. The van der Waals surface area contributed by atoms with Crippen molar-refractivity contribution >= 4 is 22.9 Å². The fourth-order valence-corrected chi connectivity index (χ4v) is 2.09. The van der Waals surface area contributed by atoms with E-state index in [-0.39, 0.29) is 5.91 Å². The first-order chi connectivity index (χ1) is 9.65. The van der Waals surface area contributed by atoms with Crippen LogP contribution in [0.1, 0.15) is 16.2 Å². The summed E-state index contributed by atoms with van der Waals surface area (Å²) in [6, 6.07) is 13.1. The normalized spacial score (nSPS) is 10.7. The van der Waals surface area contributed by atoms with E-state index in [1.807, 2.05) is 54.9 Å². The number of aryl methyl sites for hydroxylation is 2. The summed E-state index contributed by atoms with van der Waals surface area (Å²) in [6.07, 6.45) is 0. The number of hydrogen-bond acceptors (Lipinski definition) is 3. The molecule has 100 valence electrons. The van der Waals surface area contributed by atoms with Gasteiger partial charge in [0.25, 0.3) is 5.91 Å². The average molecular weight is 266 g/mol. The van der Waals surface area contributed by atoms with Crippen molar-refractivity contribution in [1.29, 1.82) is 0 Å². The summed E-state index contributed by atoms with van der Waals surface area (Å²) < 4.78 is 1.85. The third kappa shape index (κ3) is 2.14. The van der Waals surface area contributed by atoms with Gasteiger partial charge < -0.3 is 4.57 Å². The lowest BCUT2D eigenvalue weighted by Gasteiger charge is -2.05. The van der Waals surface area contributed by atoms with Crippen LogP contribution in [0.4, 0.5) is 5.95 Å². The van der Waals surface area contributed by atoms with Crippen LogP contribution in [0.3, 0.4) is 0 Å². The number of aromatic nitrogens is 3. The summed E-state index contributed by atoms with van der Waals surface area (Å²) in [4.78, 5) is 20.8. The maximum Gasteiger partial charge on any atom is 0.276 e. The third-order valence-corrected chi connectivity index (χ3v) is 3.13. The molecule has 0 atom stereocenters. The van der Waals surface area contributed by atoms with Crippen LogP contribution in [0.2, 0.25) is 0 Å². The molecule has 1 aromatic carbocycles. The highest BCUT2D eigenvalue weighted by molar-refractivity contribution is 6.02. The van der Waals surface area contributed by atoms with Gasteiger partial charge in [-0.25, -0.2) is 9.97 Å². The second-order valence-electron chi connectivity index (χ2n) is 4.60. The van der Waals surface area contributed by atoms with Gasteiger partial charge in [-0.1, -0.05) is 18.2 Å². The smallest absolute Gasteiger partial charge is 0.276 e. The van der Waals surface area contributed by atoms with Crippen molar-refractivity contribution in [2.24, 2.45) is 7.05 Å². The fraction of sp³-hybridized carbons (Fsp3) is 0.133. The SMILES string of the molecule is Cc1cccc(C(=O)Nc2nc3ccccc3n2C)n1. The van der Waals surface area contributed by atoms with E-state index in [9.17, 15) is 4.79 Å². The average Bonchev–Trinajstić information content (AvgIpc) is 2.76. The van der Waals surface area contributed by atoms with Gasteiger partial charge in [0.15, 0.2) is 0 Å². The van der Waals surface area contributed by atoms with Gasteiger partial charge >= 0.3 is 0 Å². The Kier molecular flexibility index (Phi) is 2.95. The second-order valence-corrected chi connectivity index (χ2v) is 4.60. The van der Waals surface area contributed by atoms with E-state index in [0.29, 0.717) is 11.6 Å². The van der Waals surface area contributed by atoms with Gasteiger partial charge in [-0.05, 0) is 31.2 Å². The highest BCUT2D eigenvalue weighted by atomic mass is 16.2. The number of rotatable bonds is 2. The molecule has 0 bridgehead atoms. The number of hydrogen-bond donors (Lipinski definition) is 1. The molecule has 0 saturated heterocycles. The molecule has 3 aromatic rings. The largest absolute Gasteiger partial charge is 0.313 e. The van der Waals surface area contributed by atoms with E-state index in [0.717, 1.165) is 16.7 Å². The fourth-order valence-electron chi connectivity index (χ4n) is 2.09. The van der Waals surface area contributed by atoms with E-state index in [1.165, 1.54) is 0 Å². The van der Waals surface area contributed by atoms with E-state index in [1.54, 1.807) is 6.07 Å². The van der Waals surface area contributed by atoms with Gasteiger partial charge in [0.2, 0.25) is 5.95 Å². The summed E-state index contributed by atoms with van der Waals surface area (Å²) in [5.41, 5.74) is 3.02. The lowest BCUT2D eigenvalue weighted by Crippen LogP contribution is -2.16. The zero-order valence-corrected chi connectivity index (χ0v) is 11.3. The highest BCUT2D eigenvalue weighted by Crippen LogP contribution is 2.17. The molecule has 5 heteroatoms. The topological polar surface area (TPSA) is 59.8 Å². The molecule has 0 radical (unpaired) electrons. The predicted molar refractivity (Wildman–Crippen MR) is 77.6 cm³/mol. The van der Waals surface area contributed by atoms with Crippen molar-refractivity contribution in [2.45, 2.75) is 6.92 Å². The van der Waals surface area contributed by atoms with Crippen LogP contribution >= 0.6 is 0 Å². The second kappa shape index (κ2) is 4.77. The van der Waals surface area contributed by atoms with Gasteiger partial charge in [0.05, 0.1) is 11.0 Å².